The molecule has 0 aromatic heterocycles. The van der Waals surface area contributed by atoms with E-state index < -0.39 is 0 Å². The first-order valence-electron chi connectivity index (χ1n) is 4.71. The molecular weight excluding hydrogens is 265 g/mol. The van der Waals surface area contributed by atoms with E-state index in [9.17, 15) is 9.90 Å². The van der Waals surface area contributed by atoms with Crippen molar-refractivity contribution >= 4 is 5.78 Å². The van der Waals surface area contributed by atoms with Crippen LogP contribution in [0.5, 0.6) is 5.75 Å². The third kappa shape index (κ3) is 4.04. The quantitative estimate of drug-likeness (QED) is 0.924. The fourth-order valence-electron chi connectivity index (χ4n) is 1.76. The molecule has 0 unspecified atom stereocenters. The number of hydrogen-bond acceptors (Lipinski definition) is 2. The normalized spacial score (nSPS) is 10.6. The molecule has 1 aromatic carbocycles. The SMILES string of the molecule is CC(=O)CC(C)(C)c1ccccc1O.[Y]. The van der Waals surface area contributed by atoms with Crippen molar-refractivity contribution in [2.24, 2.45) is 0 Å². The third-order valence-electron chi connectivity index (χ3n) is 2.32. The molecule has 1 radical (unpaired) electrons. The Bertz CT molecular complexity index is 345. The van der Waals surface area contributed by atoms with E-state index >= 15 is 0 Å². The molecule has 79 valence electrons. The van der Waals surface area contributed by atoms with E-state index in [2.05, 4.69) is 0 Å². The predicted octanol–water partition coefficient (Wildman–Crippen LogP) is 2.65. The number of rotatable bonds is 3. The van der Waals surface area contributed by atoms with Crippen LogP contribution in [0.4, 0.5) is 0 Å². The molecule has 0 atom stereocenters. The van der Waals surface area contributed by atoms with Crippen LogP contribution in [0.3, 0.4) is 0 Å². The van der Waals surface area contributed by atoms with Gasteiger partial charge in [-0.1, -0.05) is 32.0 Å². The topological polar surface area (TPSA) is 37.3 Å². The van der Waals surface area contributed by atoms with Crippen LogP contribution < -0.4 is 0 Å². The number of ketones is 1. The molecule has 0 aliphatic rings. The summed E-state index contributed by atoms with van der Waals surface area (Å²) in [5.74, 6) is 0.400. The Balaban J connectivity index is 0.00000196. The van der Waals surface area contributed by atoms with Crippen molar-refractivity contribution in [3.05, 3.63) is 29.8 Å². The molecule has 0 fully saturated rings. The second kappa shape index (κ2) is 5.76. The van der Waals surface area contributed by atoms with Crippen LogP contribution in [0, 0.1) is 0 Å². The summed E-state index contributed by atoms with van der Waals surface area (Å²) < 4.78 is 0. The standard InChI is InChI=1S/C12H16O2.Y/c1-9(13)8-12(2,3)10-6-4-5-7-11(10)14;/h4-7,14H,8H2,1-3H3;. The van der Waals surface area contributed by atoms with Crippen molar-refractivity contribution in [1.29, 1.82) is 0 Å². The Kier molecular flexibility index (Phi) is 5.68. The minimum absolute atomic E-state index is 0. The Morgan fingerprint density at radius 3 is 2.33 bits per heavy atom. The van der Waals surface area contributed by atoms with Crippen LogP contribution in [0.1, 0.15) is 32.8 Å². The zero-order valence-electron chi connectivity index (χ0n) is 9.45. The van der Waals surface area contributed by atoms with Crippen molar-refractivity contribution in [3.8, 4) is 5.75 Å². The van der Waals surface area contributed by atoms with Gasteiger partial charge in [0.15, 0.2) is 0 Å². The van der Waals surface area contributed by atoms with Crippen LogP contribution in [-0.2, 0) is 42.9 Å². The molecule has 0 saturated heterocycles. The van der Waals surface area contributed by atoms with Crippen LogP contribution in [-0.4, -0.2) is 10.9 Å². The van der Waals surface area contributed by atoms with Crippen molar-refractivity contribution in [3.63, 3.8) is 0 Å². The maximum atomic E-state index is 11.1. The van der Waals surface area contributed by atoms with Gasteiger partial charge < -0.3 is 5.11 Å². The number of phenolic OH excluding ortho intramolecular Hbond substituents is 1. The fraction of sp³-hybridized carbons (Fsp3) is 0.417. The Morgan fingerprint density at radius 2 is 1.87 bits per heavy atom. The van der Waals surface area contributed by atoms with Crippen LogP contribution in [0.15, 0.2) is 24.3 Å². The molecule has 1 rings (SSSR count). The van der Waals surface area contributed by atoms with E-state index in [1.165, 1.54) is 0 Å². The first-order valence-corrected chi connectivity index (χ1v) is 4.71. The van der Waals surface area contributed by atoms with Gasteiger partial charge in [-0.05, 0) is 18.6 Å². The van der Waals surface area contributed by atoms with E-state index in [1.807, 2.05) is 26.0 Å². The molecule has 15 heavy (non-hydrogen) atoms. The Labute approximate surface area is 116 Å². The van der Waals surface area contributed by atoms with Gasteiger partial charge in [-0.15, -0.1) is 0 Å². The molecule has 0 spiro atoms. The number of aromatic hydroxyl groups is 1. The smallest absolute Gasteiger partial charge is 0.130 e. The second-order valence-electron chi connectivity index (χ2n) is 4.28. The van der Waals surface area contributed by atoms with Crippen molar-refractivity contribution in [2.75, 3.05) is 0 Å². The third-order valence-corrected chi connectivity index (χ3v) is 2.32. The summed E-state index contributed by atoms with van der Waals surface area (Å²) in [5, 5.41) is 9.65. The van der Waals surface area contributed by atoms with Crippen LogP contribution >= 0.6 is 0 Å². The van der Waals surface area contributed by atoms with Gasteiger partial charge in [0.1, 0.15) is 11.5 Å². The molecule has 0 aliphatic carbocycles. The summed E-state index contributed by atoms with van der Waals surface area (Å²) in [7, 11) is 0. The number of hydrogen-bond donors (Lipinski definition) is 1. The zero-order chi connectivity index (χ0) is 10.8. The average molecular weight is 281 g/mol. The average Bonchev–Trinajstić information content (AvgIpc) is 2.02. The molecule has 0 amide bonds. The molecule has 1 N–H and O–H groups in total. The van der Waals surface area contributed by atoms with Crippen LogP contribution in [0.25, 0.3) is 0 Å². The summed E-state index contributed by atoms with van der Waals surface area (Å²) in [5.41, 5.74) is 0.534. The van der Waals surface area contributed by atoms with E-state index in [0.717, 1.165) is 5.56 Å². The summed E-state index contributed by atoms with van der Waals surface area (Å²) in [6, 6.07) is 7.16. The van der Waals surface area contributed by atoms with Gasteiger partial charge in [0, 0.05) is 44.5 Å². The number of carbonyl (C=O) groups is 1. The van der Waals surface area contributed by atoms with E-state index in [4.69, 9.17) is 0 Å². The van der Waals surface area contributed by atoms with Gasteiger partial charge in [0.05, 0.1) is 0 Å². The summed E-state index contributed by atoms with van der Waals surface area (Å²) in [4.78, 5) is 11.1. The largest absolute Gasteiger partial charge is 0.508 e. The maximum absolute atomic E-state index is 11.1. The number of benzene rings is 1. The number of carbonyl (C=O) groups excluding carboxylic acids is 1. The van der Waals surface area contributed by atoms with Gasteiger partial charge in [-0.2, -0.15) is 0 Å². The molecular formula is C12H16O2Y. The minimum atomic E-state index is -0.294. The van der Waals surface area contributed by atoms with Gasteiger partial charge in [0.25, 0.3) is 0 Å². The summed E-state index contributed by atoms with van der Waals surface area (Å²) in [6.45, 7) is 5.49. The number of phenols is 1. The van der Waals surface area contributed by atoms with Crippen LogP contribution in [0.2, 0.25) is 0 Å². The predicted molar refractivity (Wildman–Crippen MR) is 56.4 cm³/mol. The fourth-order valence-corrected chi connectivity index (χ4v) is 1.76. The van der Waals surface area contributed by atoms with Crippen molar-refractivity contribution < 1.29 is 42.6 Å². The van der Waals surface area contributed by atoms with Gasteiger partial charge in [-0.3, -0.25) is 4.79 Å². The molecule has 0 saturated carbocycles. The van der Waals surface area contributed by atoms with E-state index in [0.29, 0.717) is 6.42 Å². The second-order valence-corrected chi connectivity index (χ2v) is 4.28. The molecule has 3 heteroatoms. The Hall–Kier alpha value is -0.206. The first-order chi connectivity index (χ1) is 6.43. The number of para-hydroxylation sites is 1. The maximum Gasteiger partial charge on any atom is 0.130 e. The molecule has 1 aromatic rings. The molecule has 0 bridgehead atoms. The molecule has 2 nitrogen and oxygen atoms in total. The zero-order valence-corrected chi connectivity index (χ0v) is 12.3. The van der Waals surface area contributed by atoms with Gasteiger partial charge in [0.2, 0.25) is 0 Å². The molecule has 0 aliphatic heterocycles. The minimum Gasteiger partial charge on any atom is -0.508 e. The monoisotopic (exact) mass is 281 g/mol. The van der Waals surface area contributed by atoms with Gasteiger partial charge >= 0.3 is 0 Å². The number of Topliss-reactive ketones (excluding diaryl/α,β-unsaturated/α-hetero) is 1. The first kappa shape index (κ1) is 14.8. The summed E-state index contributed by atoms with van der Waals surface area (Å²) >= 11 is 0. The summed E-state index contributed by atoms with van der Waals surface area (Å²) in [6.07, 6.45) is 0.449. The van der Waals surface area contributed by atoms with Crippen molar-refractivity contribution in [1.82, 2.24) is 0 Å². The van der Waals surface area contributed by atoms with E-state index in [1.54, 1.807) is 19.1 Å². The molecule has 0 heterocycles. The Morgan fingerprint density at radius 1 is 1.33 bits per heavy atom. The van der Waals surface area contributed by atoms with Crippen molar-refractivity contribution in [2.45, 2.75) is 32.6 Å². The van der Waals surface area contributed by atoms with Gasteiger partial charge in [-0.25, -0.2) is 0 Å². The van der Waals surface area contributed by atoms with E-state index in [-0.39, 0.29) is 49.7 Å².